The van der Waals surface area contributed by atoms with Gasteiger partial charge in [-0.05, 0) is 6.08 Å². The molecule has 0 bridgehead atoms. The van der Waals surface area contributed by atoms with Crippen LogP contribution in [-0.4, -0.2) is 36.2 Å². The normalized spacial score (nSPS) is 26.8. The highest BCUT2D eigenvalue weighted by Gasteiger charge is 2.34. The van der Waals surface area contributed by atoms with Crippen molar-refractivity contribution in [3.63, 3.8) is 0 Å². The van der Waals surface area contributed by atoms with E-state index in [0.29, 0.717) is 0 Å². The molecule has 5 heteroatoms. The molecule has 2 N–H and O–H groups in total. The number of rotatable bonds is 3. The van der Waals surface area contributed by atoms with E-state index < -0.39 is 17.9 Å². The molecule has 1 rings (SSSR count). The molecule has 5 nitrogen and oxygen atoms in total. The summed E-state index contributed by atoms with van der Waals surface area (Å²) >= 11 is 0. The van der Waals surface area contributed by atoms with E-state index in [1.54, 1.807) is 0 Å². The third kappa shape index (κ3) is 2.29. The third-order valence-electron chi connectivity index (χ3n) is 1.91. The van der Waals surface area contributed by atoms with Gasteiger partial charge in [0.1, 0.15) is 5.92 Å². The molecule has 0 radical (unpaired) electrons. The van der Waals surface area contributed by atoms with E-state index in [4.69, 9.17) is 9.84 Å². The zero-order valence-corrected chi connectivity index (χ0v) is 7.03. The summed E-state index contributed by atoms with van der Waals surface area (Å²) in [6, 6.07) is -0.442. The number of amides is 1. The first-order chi connectivity index (χ1) is 6.15. The summed E-state index contributed by atoms with van der Waals surface area (Å²) in [6.45, 7) is 3.67. The molecule has 2 unspecified atom stereocenters. The van der Waals surface area contributed by atoms with E-state index in [2.05, 4.69) is 11.9 Å². The molecule has 2 atom stereocenters. The molecule has 1 aliphatic heterocycles. The molecule has 1 aliphatic rings. The second-order valence-electron chi connectivity index (χ2n) is 2.80. The number of aliphatic carboxylic acids is 1. The Hall–Kier alpha value is -1.36. The number of carbonyl (C=O) groups is 2. The van der Waals surface area contributed by atoms with Gasteiger partial charge in [0, 0.05) is 0 Å². The summed E-state index contributed by atoms with van der Waals surface area (Å²) in [5.74, 6) is -1.97. The molecule has 0 saturated carbocycles. The van der Waals surface area contributed by atoms with Crippen molar-refractivity contribution >= 4 is 11.9 Å². The van der Waals surface area contributed by atoms with Crippen molar-refractivity contribution in [3.8, 4) is 0 Å². The first kappa shape index (κ1) is 9.73. The lowest BCUT2D eigenvalue weighted by atomic mass is 10.0. The third-order valence-corrected chi connectivity index (χ3v) is 1.91. The first-order valence-corrected chi connectivity index (χ1v) is 3.88. The number of nitrogens with one attached hydrogen (secondary N) is 1. The zero-order valence-electron chi connectivity index (χ0n) is 7.03. The Balaban J connectivity index is 2.53. The van der Waals surface area contributed by atoms with Crippen LogP contribution in [0.3, 0.4) is 0 Å². The quantitative estimate of drug-likeness (QED) is 0.575. The van der Waals surface area contributed by atoms with Gasteiger partial charge in [-0.25, -0.2) is 0 Å². The lowest BCUT2D eigenvalue weighted by Crippen LogP contribution is -2.41. The Bertz CT molecular complexity index is 238. The molecular formula is C8H11NO4. The predicted molar refractivity (Wildman–Crippen MR) is 44.1 cm³/mol. The number of carboxylic acid groups (broad SMARTS) is 1. The van der Waals surface area contributed by atoms with Crippen LogP contribution in [0.4, 0.5) is 0 Å². The smallest absolute Gasteiger partial charge is 0.311 e. The van der Waals surface area contributed by atoms with Crippen molar-refractivity contribution < 1.29 is 19.4 Å². The van der Waals surface area contributed by atoms with Crippen molar-refractivity contribution in [2.75, 3.05) is 13.2 Å². The fraction of sp³-hybridized carbons (Fsp3) is 0.500. The summed E-state index contributed by atoms with van der Waals surface area (Å²) in [7, 11) is 0. The highest BCUT2D eigenvalue weighted by Crippen LogP contribution is 2.13. The molecule has 1 fully saturated rings. The highest BCUT2D eigenvalue weighted by molar-refractivity contribution is 5.87. The lowest BCUT2D eigenvalue weighted by molar-refractivity contribution is -0.142. The van der Waals surface area contributed by atoms with Gasteiger partial charge in [0.05, 0.1) is 19.3 Å². The van der Waals surface area contributed by atoms with E-state index in [1.807, 2.05) is 0 Å². The summed E-state index contributed by atoms with van der Waals surface area (Å²) < 4.78 is 4.95. The average molecular weight is 185 g/mol. The molecule has 1 saturated heterocycles. The predicted octanol–water partition coefficient (Wildman–Crippen LogP) is -0.612. The number of carbonyl (C=O) groups excluding carboxylic acids is 1. The molecule has 13 heavy (non-hydrogen) atoms. The van der Waals surface area contributed by atoms with Gasteiger partial charge in [0.15, 0.2) is 0 Å². The summed E-state index contributed by atoms with van der Waals surface area (Å²) in [5, 5.41) is 11.2. The second-order valence-corrected chi connectivity index (χ2v) is 2.80. The molecule has 0 aromatic carbocycles. The Labute approximate surface area is 75.4 Å². The molecule has 72 valence electrons. The number of carboxylic acids is 1. The van der Waals surface area contributed by atoms with Crippen molar-refractivity contribution in [2.45, 2.75) is 6.04 Å². The molecular weight excluding hydrogens is 174 g/mol. The van der Waals surface area contributed by atoms with Crippen molar-refractivity contribution in [3.05, 3.63) is 12.7 Å². The Morgan fingerprint density at radius 1 is 1.54 bits per heavy atom. The lowest BCUT2D eigenvalue weighted by Gasteiger charge is -2.13. The second kappa shape index (κ2) is 4.04. The van der Waals surface area contributed by atoms with E-state index >= 15 is 0 Å². The van der Waals surface area contributed by atoms with Crippen LogP contribution in [0.2, 0.25) is 0 Å². The summed E-state index contributed by atoms with van der Waals surface area (Å²) in [5.41, 5.74) is 0. The van der Waals surface area contributed by atoms with Crippen molar-refractivity contribution in [2.24, 2.45) is 5.92 Å². The van der Waals surface area contributed by atoms with E-state index in [9.17, 15) is 9.59 Å². The van der Waals surface area contributed by atoms with Gasteiger partial charge in [-0.15, -0.1) is 0 Å². The minimum atomic E-state index is -0.952. The highest BCUT2D eigenvalue weighted by atomic mass is 16.5. The minimum Gasteiger partial charge on any atom is -0.481 e. The Morgan fingerprint density at radius 2 is 2.23 bits per heavy atom. The molecule has 0 aromatic rings. The topological polar surface area (TPSA) is 75.6 Å². The van der Waals surface area contributed by atoms with E-state index in [-0.39, 0.29) is 19.1 Å². The van der Waals surface area contributed by atoms with Crippen LogP contribution in [0.25, 0.3) is 0 Å². The van der Waals surface area contributed by atoms with Crippen LogP contribution >= 0.6 is 0 Å². The number of hydrogen-bond donors (Lipinski definition) is 2. The summed E-state index contributed by atoms with van der Waals surface area (Å²) in [6.07, 6.45) is 1.11. The van der Waals surface area contributed by atoms with E-state index in [1.165, 1.54) is 0 Å². The number of ether oxygens (including phenoxy) is 1. The standard InChI is InChI=1S/C8H11NO4/c1-2-7(10)9-6-4-13-3-5(6)8(11)12/h2,5-6H,1,3-4H2,(H,9,10)(H,11,12). The minimum absolute atomic E-state index is 0.150. The maximum atomic E-state index is 10.9. The first-order valence-electron chi connectivity index (χ1n) is 3.88. The van der Waals surface area contributed by atoms with Crippen molar-refractivity contribution in [1.29, 1.82) is 0 Å². The molecule has 0 aliphatic carbocycles. The van der Waals surface area contributed by atoms with Gasteiger partial charge < -0.3 is 15.2 Å². The Kier molecular flexibility index (Phi) is 3.02. The SMILES string of the molecule is C=CC(=O)NC1COCC1C(=O)O. The molecule has 0 spiro atoms. The van der Waals surface area contributed by atoms with Gasteiger partial charge in [0.25, 0.3) is 0 Å². The van der Waals surface area contributed by atoms with E-state index in [0.717, 1.165) is 6.08 Å². The van der Waals surface area contributed by atoms with Gasteiger partial charge in [-0.2, -0.15) is 0 Å². The van der Waals surface area contributed by atoms with Gasteiger partial charge >= 0.3 is 5.97 Å². The van der Waals surface area contributed by atoms with Gasteiger partial charge in [-0.3, -0.25) is 9.59 Å². The maximum Gasteiger partial charge on any atom is 0.311 e. The maximum absolute atomic E-state index is 10.9. The molecule has 1 amide bonds. The fourth-order valence-electron chi connectivity index (χ4n) is 1.18. The van der Waals surface area contributed by atoms with Crippen LogP contribution in [0.15, 0.2) is 12.7 Å². The van der Waals surface area contributed by atoms with Crippen LogP contribution in [0.5, 0.6) is 0 Å². The van der Waals surface area contributed by atoms with Crippen LogP contribution < -0.4 is 5.32 Å². The largest absolute Gasteiger partial charge is 0.481 e. The Morgan fingerprint density at radius 3 is 2.77 bits per heavy atom. The fourth-order valence-corrected chi connectivity index (χ4v) is 1.18. The van der Waals surface area contributed by atoms with Crippen LogP contribution in [0.1, 0.15) is 0 Å². The zero-order chi connectivity index (χ0) is 9.84. The van der Waals surface area contributed by atoms with Gasteiger partial charge in [-0.1, -0.05) is 6.58 Å². The molecule has 0 aromatic heterocycles. The number of hydrogen-bond acceptors (Lipinski definition) is 3. The van der Waals surface area contributed by atoms with Gasteiger partial charge in [0.2, 0.25) is 5.91 Å². The summed E-state index contributed by atoms with van der Waals surface area (Å²) in [4.78, 5) is 21.5. The van der Waals surface area contributed by atoms with Crippen molar-refractivity contribution in [1.82, 2.24) is 5.32 Å². The molecule has 1 heterocycles. The average Bonchev–Trinajstić information content (AvgIpc) is 2.52. The monoisotopic (exact) mass is 185 g/mol. The van der Waals surface area contributed by atoms with Crippen LogP contribution in [0, 0.1) is 5.92 Å². The van der Waals surface area contributed by atoms with Crippen LogP contribution in [-0.2, 0) is 14.3 Å².